The van der Waals surface area contributed by atoms with Gasteiger partial charge in [0.25, 0.3) is 0 Å². The molecule has 7 heteroatoms. The van der Waals surface area contributed by atoms with Gasteiger partial charge in [0.05, 0.1) is 26.2 Å². The molecule has 0 fully saturated rings. The molecule has 4 aromatic rings. The van der Waals surface area contributed by atoms with Crippen LogP contribution >= 0.6 is 11.6 Å². The van der Waals surface area contributed by atoms with Crippen LogP contribution in [-0.2, 0) is 11.3 Å². The lowest BCUT2D eigenvalue weighted by molar-refractivity contribution is 0.0595. The van der Waals surface area contributed by atoms with Crippen molar-refractivity contribution in [1.29, 1.82) is 0 Å². The van der Waals surface area contributed by atoms with E-state index in [0.717, 1.165) is 22.4 Å². The molecule has 0 saturated carbocycles. The van der Waals surface area contributed by atoms with E-state index in [0.29, 0.717) is 22.6 Å². The molecule has 146 valence electrons. The number of carbonyl (C=O) groups is 1. The smallest absolute Gasteiger partial charge is 0.359 e. The van der Waals surface area contributed by atoms with Crippen molar-refractivity contribution in [3.05, 3.63) is 77.1 Å². The fourth-order valence-corrected chi connectivity index (χ4v) is 3.25. The van der Waals surface area contributed by atoms with Gasteiger partial charge in [-0.15, -0.1) is 0 Å². The number of hydrogen-bond acceptors (Lipinski definition) is 5. The predicted molar refractivity (Wildman–Crippen MR) is 111 cm³/mol. The monoisotopic (exact) mass is 407 g/mol. The van der Waals surface area contributed by atoms with Gasteiger partial charge in [-0.3, -0.25) is 0 Å². The lowest BCUT2D eigenvalue weighted by Gasteiger charge is -2.06. The molecule has 4 rings (SSSR count). The third-order valence-corrected chi connectivity index (χ3v) is 4.89. The molecular weight excluding hydrogens is 390 g/mol. The highest BCUT2D eigenvalue weighted by atomic mass is 35.5. The summed E-state index contributed by atoms with van der Waals surface area (Å²) in [6, 6.07) is 17.0. The zero-order valence-electron chi connectivity index (χ0n) is 15.9. The molecule has 0 radical (unpaired) electrons. The lowest BCUT2D eigenvalue weighted by Crippen LogP contribution is -2.06. The number of rotatable bonds is 5. The Balaban J connectivity index is 1.78. The summed E-state index contributed by atoms with van der Waals surface area (Å²) in [5.41, 5.74) is 3.67. The van der Waals surface area contributed by atoms with Gasteiger partial charge in [-0.05, 0) is 41.5 Å². The second-order valence-corrected chi connectivity index (χ2v) is 6.88. The van der Waals surface area contributed by atoms with E-state index in [-0.39, 0.29) is 5.69 Å². The van der Waals surface area contributed by atoms with Crippen molar-refractivity contribution in [3.8, 4) is 16.9 Å². The van der Waals surface area contributed by atoms with Gasteiger partial charge < -0.3 is 9.47 Å². The van der Waals surface area contributed by atoms with Crippen molar-refractivity contribution in [2.75, 3.05) is 14.2 Å². The summed E-state index contributed by atoms with van der Waals surface area (Å²) >= 11 is 5.98. The maximum Gasteiger partial charge on any atom is 0.359 e. The molecule has 0 N–H and O–H groups in total. The fourth-order valence-electron chi connectivity index (χ4n) is 3.12. The van der Waals surface area contributed by atoms with Crippen LogP contribution in [0.25, 0.3) is 22.2 Å². The zero-order valence-corrected chi connectivity index (χ0v) is 16.7. The van der Waals surface area contributed by atoms with Crippen LogP contribution in [0.15, 0.2) is 60.8 Å². The number of methoxy groups -OCH3 is 2. The Kier molecular flexibility index (Phi) is 5.18. The van der Waals surface area contributed by atoms with E-state index in [4.69, 9.17) is 21.1 Å². The third-order valence-electron chi connectivity index (χ3n) is 4.63. The molecule has 2 heterocycles. The van der Waals surface area contributed by atoms with Crippen LogP contribution in [0, 0.1) is 0 Å². The van der Waals surface area contributed by atoms with E-state index >= 15 is 0 Å². The highest BCUT2D eigenvalue weighted by Gasteiger charge is 2.20. The van der Waals surface area contributed by atoms with Crippen molar-refractivity contribution in [2.24, 2.45) is 0 Å². The first kappa shape index (κ1) is 19.0. The molecule has 0 atom stereocenters. The van der Waals surface area contributed by atoms with Gasteiger partial charge in [0.2, 0.25) is 0 Å². The van der Waals surface area contributed by atoms with Gasteiger partial charge in [0.15, 0.2) is 11.3 Å². The number of halogens is 1. The van der Waals surface area contributed by atoms with Crippen molar-refractivity contribution < 1.29 is 14.3 Å². The second kappa shape index (κ2) is 7.93. The number of aromatic nitrogens is 3. The first-order valence-corrected chi connectivity index (χ1v) is 9.30. The van der Waals surface area contributed by atoms with Gasteiger partial charge in [0, 0.05) is 16.8 Å². The molecule has 0 saturated heterocycles. The first-order chi connectivity index (χ1) is 14.1. The summed E-state index contributed by atoms with van der Waals surface area (Å²) in [5.74, 6) is 0.276. The highest BCUT2D eigenvalue weighted by Crippen LogP contribution is 2.27. The maximum atomic E-state index is 12.3. The average Bonchev–Trinajstić information content (AvgIpc) is 3.12. The average molecular weight is 408 g/mol. The molecule has 0 aliphatic rings. The summed E-state index contributed by atoms with van der Waals surface area (Å²) in [5, 5.41) is 5.77. The first-order valence-electron chi connectivity index (χ1n) is 8.93. The number of hydrogen-bond donors (Lipinski definition) is 0. The maximum absolute atomic E-state index is 12.3. The number of nitrogens with zero attached hydrogens (tertiary/aromatic N) is 3. The Morgan fingerprint density at radius 2 is 1.76 bits per heavy atom. The van der Waals surface area contributed by atoms with Gasteiger partial charge in [0.1, 0.15) is 5.75 Å². The van der Waals surface area contributed by atoms with Crippen LogP contribution < -0.4 is 4.74 Å². The van der Waals surface area contributed by atoms with Crippen LogP contribution in [0.5, 0.6) is 5.75 Å². The zero-order chi connectivity index (χ0) is 20.4. The lowest BCUT2D eigenvalue weighted by atomic mass is 10.1. The number of pyridine rings is 1. The number of esters is 1. The topological polar surface area (TPSA) is 66.2 Å². The molecule has 29 heavy (non-hydrogen) atoms. The number of fused-ring (bicyclic) bond motifs is 1. The van der Waals surface area contributed by atoms with Crippen LogP contribution in [0.2, 0.25) is 5.02 Å². The van der Waals surface area contributed by atoms with Gasteiger partial charge in [-0.2, -0.15) is 5.10 Å². The standard InChI is InChI=1S/C22H18ClN3O3/c1-28-18-9-3-14(4-10-18)13-26-21-19(20(25-26)22(27)29-2)11-16(12-24-21)15-5-7-17(23)8-6-15/h3-12H,13H2,1-2H3. The van der Waals surface area contributed by atoms with Crippen LogP contribution in [-0.4, -0.2) is 35.0 Å². The Morgan fingerprint density at radius 3 is 2.41 bits per heavy atom. The summed E-state index contributed by atoms with van der Waals surface area (Å²) < 4.78 is 11.8. The van der Waals surface area contributed by atoms with Crippen LogP contribution in [0.1, 0.15) is 16.1 Å². The van der Waals surface area contributed by atoms with E-state index in [2.05, 4.69) is 10.1 Å². The van der Waals surface area contributed by atoms with E-state index in [1.807, 2.05) is 54.6 Å². The molecule has 0 unspecified atom stereocenters. The Bertz CT molecular complexity index is 1170. The van der Waals surface area contributed by atoms with Crippen molar-refractivity contribution in [3.63, 3.8) is 0 Å². The van der Waals surface area contributed by atoms with E-state index < -0.39 is 5.97 Å². The normalized spacial score (nSPS) is 10.9. The Labute approximate surface area is 172 Å². The Morgan fingerprint density at radius 1 is 1.03 bits per heavy atom. The van der Waals surface area contributed by atoms with E-state index in [1.54, 1.807) is 18.0 Å². The molecule has 2 aromatic carbocycles. The van der Waals surface area contributed by atoms with Gasteiger partial charge >= 0.3 is 5.97 Å². The van der Waals surface area contributed by atoms with Gasteiger partial charge in [-0.1, -0.05) is 35.9 Å². The second-order valence-electron chi connectivity index (χ2n) is 6.45. The summed E-state index contributed by atoms with van der Waals surface area (Å²) in [4.78, 5) is 16.9. The number of benzene rings is 2. The minimum absolute atomic E-state index is 0.235. The summed E-state index contributed by atoms with van der Waals surface area (Å²) in [6.07, 6.45) is 1.76. The highest BCUT2D eigenvalue weighted by molar-refractivity contribution is 6.30. The quantitative estimate of drug-likeness (QED) is 0.452. The van der Waals surface area contributed by atoms with Crippen molar-refractivity contribution in [2.45, 2.75) is 6.54 Å². The summed E-state index contributed by atoms with van der Waals surface area (Å²) in [6.45, 7) is 0.463. The van der Waals surface area contributed by atoms with Gasteiger partial charge in [-0.25, -0.2) is 14.5 Å². The summed E-state index contributed by atoms with van der Waals surface area (Å²) in [7, 11) is 2.97. The molecule has 6 nitrogen and oxygen atoms in total. The van der Waals surface area contributed by atoms with Crippen LogP contribution in [0.4, 0.5) is 0 Å². The molecule has 0 spiro atoms. The molecule has 0 amide bonds. The van der Waals surface area contributed by atoms with E-state index in [9.17, 15) is 4.79 Å². The number of ether oxygens (including phenoxy) is 2. The molecule has 0 aliphatic heterocycles. The molecule has 2 aromatic heterocycles. The van der Waals surface area contributed by atoms with Crippen LogP contribution in [0.3, 0.4) is 0 Å². The minimum atomic E-state index is -0.501. The number of carbonyl (C=O) groups excluding carboxylic acids is 1. The van der Waals surface area contributed by atoms with Crippen molar-refractivity contribution >= 4 is 28.6 Å². The molecule has 0 bridgehead atoms. The van der Waals surface area contributed by atoms with Crippen molar-refractivity contribution in [1.82, 2.24) is 14.8 Å². The SMILES string of the molecule is COC(=O)c1nn(Cc2ccc(OC)cc2)c2ncc(-c3ccc(Cl)cc3)cc12. The largest absolute Gasteiger partial charge is 0.497 e. The minimum Gasteiger partial charge on any atom is -0.497 e. The van der Waals surface area contributed by atoms with E-state index in [1.165, 1.54) is 7.11 Å². The molecule has 0 aliphatic carbocycles. The Hall–Kier alpha value is -3.38. The molecular formula is C22H18ClN3O3. The fraction of sp³-hybridized carbons (Fsp3) is 0.136. The third kappa shape index (κ3) is 3.79. The predicted octanol–water partition coefficient (Wildman–Crippen LogP) is 4.60.